The Morgan fingerprint density at radius 1 is 1.03 bits per heavy atom. The monoisotopic (exact) mass is 416 g/mol. The zero-order valence-electron chi connectivity index (χ0n) is 17.2. The predicted molar refractivity (Wildman–Crippen MR) is 114 cm³/mol. The first-order valence-corrected chi connectivity index (χ1v) is 9.82. The second kappa shape index (κ2) is 8.83. The molecule has 0 aliphatic carbocycles. The van der Waals surface area contributed by atoms with Gasteiger partial charge in [0.2, 0.25) is 0 Å². The van der Waals surface area contributed by atoms with E-state index in [1.165, 1.54) is 6.07 Å². The molecule has 0 spiro atoms. The van der Waals surface area contributed by atoms with E-state index in [1.807, 2.05) is 37.4 Å². The number of carbonyl (C=O) groups excluding carboxylic acids is 1. The van der Waals surface area contributed by atoms with Crippen LogP contribution >= 0.6 is 0 Å². The highest BCUT2D eigenvalue weighted by Gasteiger charge is 2.22. The number of amides is 1. The van der Waals surface area contributed by atoms with Crippen molar-refractivity contribution in [2.45, 2.75) is 19.5 Å². The largest absolute Gasteiger partial charge is 0.337 e. The molecule has 31 heavy (non-hydrogen) atoms. The Morgan fingerprint density at radius 3 is 2.55 bits per heavy atom. The lowest BCUT2D eigenvalue weighted by atomic mass is 10.0. The fourth-order valence-electron chi connectivity index (χ4n) is 3.21. The summed E-state index contributed by atoms with van der Waals surface area (Å²) in [6.45, 7) is 2.45. The fraction of sp³-hybridized carbons (Fsp3) is 0.174. The van der Waals surface area contributed by atoms with Gasteiger partial charge in [0.25, 0.3) is 5.91 Å². The van der Waals surface area contributed by atoms with E-state index in [1.54, 1.807) is 47.2 Å². The van der Waals surface area contributed by atoms with E-state index >= 15 is 0 Å². The van der Waals surface area contributed by atoms with Gasteiger partial charge in [0.1, 0.15) is 11.5 Å². The lowest BCUT2D eigenvalue weighted by Crippen LogP contribution is -2.38. The fourth-order valence-corrected chi connectivity index (χ4v) is 3.21. The number of pyridine rings is 1. The molecule has 0 fully saturated rings. The molecule has 3 heterocycles. The van der Waals surface area contributed by atoms with Crippen molar-refractivity contribution >= 4 is 5.91 Å². The Kier molecular flexibility index (Phi) is 5.79. The number of hydrogen-bond donors (Lipinski definition) is 0. The maximum absolute atomic E-state index is 13.2. The molecule has 0 saturated carbocycles. The van der Waals surface area contributed by atoms with Crippen LogP contribution in [0.1, 0.15) is 17.3 Å². The molecule has 0 N–H and O–H groups in total. The van der Waals surface area contributed by atoms with Crippen LogP contribution in [0.3, 0.4) is 0 Å². The Labute approximate surface area is 179 Å². The number of likely N-dealkylation sites (N-methyl/N-ethyl adjacent to an activating group) is 1. The molecule has 1 aromatic carbocycles. The van der Waals surface area contributed by atoms with Crippen molar-refractivity contribution in [3.05, 3.63) is 84.7 Å². The molecule has 0 aliphatic rings. The molecule has 0 unspecified atom stereocenters. The van der Waals surface area contributed by atoms with Crippen molar-refractivity contribution in [3.63, 3.8) is 0 Å². The van der Waals surface area contributed by atoms with Crippen LogP contribution in [-0.4, -0.2) is 48.6 Å². The van der Waals surface area contributed by atoms with E-state index in [2.05, 4.69) is 20.1 Å². The Balaban J connectivity index is 1.50. The van der Waals surface area contributed by atoms with Gasteiger partial charge < -0.3 is 4.90 Å². The predicted octanol–water partition coefficient (Wildman–Crippen LogP) is 3.70. The van der Waals surface area contributed by atoms with Gasteiger partial charge in [-0.3, -0.25) is 14.5 Å². The number of halogens is 1. The second-order valence-corrected chi connectivity index (χ2v) is 7.17. The van der Waals surface area contributed by atoms with Crippen LogP contribution in [0, 0.1) is 5.82 Å². The minimum atomic E-state index is -0.391. The van der Waals surface area contributed by atoms with Crippen LogP contribution in [0.25, 0.3) is 22.8 Å². The van der Waals surface area contributed by atoms with Gasteiger partial charge in [-0.05, 0) is 37.3 Å². The number of hydrogen-bond acceptors (Lipinski definition) is 5. The minimum Gasteiger partial charge on any atom is -0.337 e. The highest BCUT2D eigenvalue weighted by atomic mass is 19.1. The Morgan fingerprint density at radius 2 is 1.81 bits per heavy atom. The molecule has 0 bridgehead atoms. The minimum absolute atomic E-state index is 0.122. The van der Waals surface area contributed by atoms with Crippen molar-refractivity contribution in [2.24, 2.45) is 0 Å². The van der Waals surface area contributed by atoms with E-state index in [0.29, 0.717) is 34.9 Å². The first-order valence-electron chi connectivity index (χ1n) is 9.82. The zero-order valence-corrected chi connectivity index (χ0v) is 17.2. The van der Waals surface area contributed by atoms with Crippen molar-refractivity contribution in [1.29, 1.82) is 0 Å². The standard InChI is InChI=1S/C23H21FN6O/c1-16(15-30-13-10-21(28-30)20-9-8-17(24)14-27-20)29(2)23(31)19-7-4-3-6-18(19)22-25-11-5-12-26-22/h3-14,16H,15H2,1-2H3/t16-/m0/s1. The van der Waals surface area contributed by atoms with E-state index in [9.17, 15) is 9.18 Å². The lowest BCUT2D eigenvalue weighted by molar-refractivity contribution is 0.0729. The molecule has 4 rings (SSSR count). The van der Waals surface area contributed by atoms with Crippen molar-refractivity contribution in [1.82, 2.24) is 29.6 Å². The molecular formula is C23H21FN6O. The molecule has 0 radical (unpaired) electrons. The molecule has 1 atom stereocenters. The third kappa shape index (κ3) is 4.48. The van der Waals surface area contributed by atoms with Gasteiger partial charge in [0.05, 0.1) is 24.0 Å². The summed E-state index contributed by atoms with van der Waals surface area (Å²) in [7, 11) is 1.77. The third-order valence-electron chi connectivity index (χ3n) is 5.03. The topological polar surface area (TPSA) is 76.8 Å². The maximum atomic E-state index is 13.2. The van der Waals surface area contributed by atoms with Gasteiger partial charge in [-0.25, -0.2) is 14.4 Å². The summed E-state index contributed by atoms with van der Waals surface area (Å²) in [5.74, 6) is -0.00252. The van der Waals surface area contributed by atoms with Crippen LogP contribution in [-0.2, 0) is 6.54 Å². The Hall–Kier alpha value is -3.94. The van der Waals surface area contributed by atoms with Crippen molar-refractivity contribution < 1.29 is 9.18 Å². The summed E-state index contributed by atoms with van der Waals surface area (Å²) >= 11 is 0. The normalized spacial score (nSPS) is 11.8. The maximum Gasteiger partial charge on any atom is 0.254 e. The van der Waals surface area contributed by atoms with Gasteiger partial charge in [0, 0.05) is 37.2 Å². The first kappa shape index (κ1) is 20.3. The quantitative estimate of drug-likeness (QED) is 0.479. The molecule has 3 aromatic heterocycles. The first-order chi connectivity index (χ1) is 15.0. The number of nitrogens with zero attached hydrogens (tertiary/aromatic N) is 6. The van der Waals surface area contributed by atoms with Gasteiger partial charge in [0.15, 0.2) is 5.82 Å². The van der Waals surface area contributed by atoms with Gasteiger partial charge in [-0.1, -0.05) is 18.2 Å². The highest BCUT2D eigenvalue weighted by Crippen LogP contribution is 2.22. The van der Waals surface area contributed by atoms with Crippen LogP contribution < -0.4 is 0 Å². The average molecular weight is 416 g/mol. The molecule has 156 valence electrons. The number of rotatable bonds is 6. The van der Waals surface area contributed by atoms with E-state index < -0.39 is 5.82 Å². The van der Waals surface area contributed by atoms with Crippen LogP contribution in [0.15, 0.2) is 73.3 Å². The molecule has 0 saturated heterocycles. The van der Waals surface area contributed by atoms with Crippen LogP contribution in [0.5, 0.6) is 0 Å². The smallest absolute Gasteiger partial charge is 0.254 e. The van der Waals surface area contributed by atoms with E-state index in [0.717, 1.165) is 6.20 Å². The third-order valence-corrected chi connectivity index (χ3v) is 5.03. The van der Waals surface area contributed by atoms with Crippen molar-refractivity contribution in [2.75, 3.05) is 7.05 Å². The number of carbonyl (C=O) groups is 1. The van der Waals surface area contributed by atoms with Crippen LogP contribution in [0.2, 0.25) is 0 Å². The SMILES string of the molecule is C[C@@H](Cn1ccc(-c2ccc(F)cn2)n1)N(C)C(=O)c1ccccc1-c1ncccn1. The summed E-state index contributed by atoms with van der Waals surface area (Å²) in [4.78, 5) is 27.5. The highest BCUT2D eigenvalue weighted by molar-refractivity contribution is 6.00. The second-order valence-electron chi connectivity index (χ2n) is 7.17. The van der Waals surface area contributed by atoms with Crippen molar-refractivity contribution in [3.8, 4) is 22.8 Å². The molecule has 4 aromatic rings. The molecule has 7 nitrogen and oxygen atoms in total. The number of aromatic nitrogens is 5. The van der Waals surface area contributed by atoms with Gasteiger partial charge in [-0.15, -0.1) is 0 Å². The van der Waals surface area contributed by atoms with Gasteiger partial charge in [-0.2, -0.15) is 5.10 Å². The molecule has 8 heteroatoms. The summed E-state index contributed by atoms with van der Waals surface area (Å²) in [5.41, 5.74) is 2.47. The Bertz CT molecular complexity index is 1180. The van der Waals surface area contributed by atoms with E-state index in [-0.39, 0.29) is 11.9 Å². The molecule has 0 aliphatic heterocycles. The van der Waals surface area contributed by atoms with Gasteiger partial charge >= 0.3 is 0 Å². The zero-order chi connectivity index (χ0) is 21.8. The summed E-state index contributed by atoms with van der Waals surface area (Å²) in [6, 6.07) is 13.7. The summed E-state index contributed by atoms with van der Waals surface area (Å²) < 4.78 is 14.8. The molecular weight excluding hydrogens is 395 g/mol. The summed E-state index contributed by atoms with van der Waals surface area (Å²) in [6.07, 6.45) is 6.29. The lowest BCUT2D eigenvalue weighted by Gasteiger charge is -2.25. The number of benzene rings is 1. The average Bonchev–Trinajstić information content (AvgIpc) is 3.27. The van der Waals surface area contributed by atoms with E-state index in [4.69, 9.17) is 0 Å². The van der Waals surface area contributed by atoms with Crippen LogP contribution in [0.4, 0.5) is 4.39 Å². The molecule has 1 amide bonds. The summed E-state index contributed by atoms with van der Waals surface area (Å²) in [5, 5.41) is 4.50.